The Morgan fingerprint density at radius 2 is 1.93 bits per heavy atom. The zero-order valence-corrected chi connectivity index (χ0v) is 16.5. The van der Waals surface area contributed by atoms with Crippen molar-refractivity contribution in [1.29, 1.82) is 0 Å². The molecule has 3 rings (SSSR count). The number of carbonyl (C=O) groups is 2. The second-order valence-corrected chi connectivity index (χ2v) is 6.50. The number of anilines is 1. The Labute approximate surface area is 175 Å². The first-order chi connectivity index (χ1) is 14.4. The van der Waals surface area contributed by atoms with Gasteiger partial charge < -0.3 is 9.73 Å². The van der Waals surface area contributed by atoms with E-state index in [1.165, 1.54) is 16.9 Å². The van der Waals surface area contributed by atoms with Gasteiger partial charge in [0.15, 0.2) is 5.76 Å². The summed E-state index contributed by atoms with van der Waals surface area (Å²) in [6.07, 6.45) is 7.45. The van der Waals surface area contributed by atoms with Gasteiger partial charge in [0.05, 0.1) is 12.5 Å². The van der Waals surface area contributed by atoms with Crippen LogP contribution in [0, 0.1) is 10.1 Å². The first-order valence-electron chi connectivity index (χ1n) is 8.86. The van der Waals surface area contributed by atoms with Crippen LogP contribution < -0.4 is 19.5 Å². The molecule has 0 unspecified atom stereocenters. The first-order valence-corrected chi connectivity index (χ1v) is 9.24. The molecule has 2 heterocycles. The lowest BCUT2D eigenvalue weighted by atomic mass is 10.2. The summed E-state index contributed by atoms with van der Waals surface area (Å²) in [4.78, 5) is 38.8. The molecule has 10 nitrogen and oxygen atoms in total. The van der Waals surface area contributed by atoms with E-state index in [0.717, 1.165) is 6.07 Å². The van der Waals surface area contributed by atoms with Crippen LogP contribution in [0.1, 0.15) is 30.3 Å². The zero-order chi connectivity index (χ0) is 21.7. The van der Waals surface area contributed by atoms with Crippen LogP contribution in [0.5, 0.6) is 0 Å². The van der Waals surface area contributed by atoms with E-state index in [9.17, 15) is 19.7 Å². The monoisotopic (exact) mass is 432 g/mol. The smallest absolute Gasteiger partial charge is 0.395 e. The summed E-state index contributed by atoms with van der Waals surface area (Å²) in [6, 6.07) is 7.14. The van der Waals surface area contributed by atoms with Crippen molar-refractivity contribution in [1.82, 2.24) is 0 Å². The third-order valence-electron chi connectivity index (χ3n) is 3.89. The molecule has 0 saturated carbocycles. The Balaban J connectivity index is 1.71. The molecule has 11 heteroatoms. The lowest BCUT2D eigenvalue weighted by Gasteiger charge is -2.04. The molecule has 0 atom stereocenters. The van der Waals surface area contributed by atoms with Gasteiger partial charge in [-0.1, -0.05) is 18.5 Å². The van der Waals surface area contributed by atoms with Crippen LogP contribution in [0.4, 0.5) is 11.6 Å². The largest absolute Gasteiger partial charge is 0.433 e. The summed E-state index contributed by atoms with van der Waals surface area (Å²) in [7, 11) is 0. The Kier molecular flexibility index (Phi) is 6.38. The SMILES string of the molecule is CCCC(=O)O[n+]1cc[n+](-c2ccc(NC(=O)c3ccc([N+](=O)[O-])o3)cc2Cl)cc1. The first kappa shape index (κ1) is 20.9. The van der Waals surface area contributed by atoms with Crippen molar-refractivity contribution < 1.29 is 33.1 Å². The van der Waals surface area contributed by atoms with E-state index in [1.807, 2.05) is 6.92 Å². The molecule has 0 spiro atoms. The standard InChI is InChI=1S/C19H16ClN4O6/c1-2-3-18(25)30-23-10-8-22(9-11-23)15-5-4-13(12-14(15)20)21-19(26)16-6-7-17(29-16)24(27)28/h4-12H,2-3H2,1H3/q+1/p+1. The van der Waals surface area contributed by atoms with Crippen LogP contribution in [0.3, 0.4) is 0 Å². The lowest BCUT2D eigenvalue weighted by Crippen LogP contribution is -2.48. The average Bonchev–Trinajstić information content (AvgIpc) is 3.20. The van der Waals surface area contributed by atoms with Crippen LogP contribution in [-0.2, 0) is 4.79 Å². The Bertz CT molecular complexity index is 1100. The van der Waals surface area contributed by atoms with E-state index in [4.69, 9.17) is 20.9 Å². The summed E-state index contributed by atoms with van der Waals surface area (Å²) >= 11 is 6.33. The predicted molar refractivity (Wildman–Crippen MR) is 103 cm³/mol. The number of benzene rings is 1. The molecule has 0 aliphatic heterocycles. The number of aromatic nitrogens is 2. The van der Waals surface area contributed by atoms with Crippen molar-refractivity contribution in [3.05, 3.63) is 76.0 Å². The molecule has 1 N–H and O–H groups in total. The van der Waals surface area contributed by atoms with Crippen LogP contribution in [0.15, 0.2) is 59.5 Å². The molecule has 154 valence electrons. The second-order valence-electron chi connectivity index (χ2n) is 6.09. The van der Waals surface area contributed by atoms with E-state index in [0.29, 0.717) is 29.2 Å². The minimum absolute atomic E-state index is 0.193. The predicted octanol–water partition coefficient (Wildman–Crippen LogP) is 2.41. The van der Waals surface area contributed by atoms with Crippen LogP contribution in [-0.4, -0.2) is 16.8 Å². The molecular weight excluding hydrogens is 416 g/mol. The van der Waals surface area contributed by atoms with E-state index in [2.05, 4.69) is 5.32 Å². The molecular formula is C19H17ClN4O6+2. The summed E-state index contributed by atoms with van der Waals surface area (Å²) < 4.78 is 7.86. The molecule has 0 bridgehead atoms. The molecule has 0 saturated heterocycles. The third kappa shape index (κ3) is 4.97. The van der Waals surface area contributed by atoms with Gasteiger partial charge in [-0.3, -0.25) is 14.9 Å². The van der Waals surface area contributed by atoms with Gasteiger partial charge in [-0.15, -0.1) is 0 Å². The van der Waals surface area contributed by atoms with Gasteiger partial charge in [0.1, 0.15) is 9.95 Å². The second kappa shape index (κ2) is 9.14. The van der Waals surface area contributed by atoms with E-state index < -0.39 is 16.7 Å². The van der Waals surface area contributed by atoms with Gasteiger partial charge in [0.2, 0.25) is 18.1 Å². The highest BCUT2D eigenvalue weighted by Crippen LogP contribution is 2.22. The number of nitrogens with zero attached hydrogens (tertiary/aromatic N) is 3. The summed E-state index contributed by atoms with van der Waals surface area (Å²) in [5.41, 5.74) is 1.00. The highest BCUT2D eigenvalue weighted by atomic mass is 35.5. The molecule has 30 heavy (non-hydrogen) atoms. The Hall–Kier alpha value is -3.79. The number of amides is 1. The molecule has 1 aromatic carbocycles. The number of halogens is 1. The highest BCUT2D eigenvalue weighted by Gasteiger charge is 2.20. The van der Waals surface area contributed by atoms with Crippen molar-refractivity contribution in [3.63, 3.8) is 0 Å². The van der Waals surface area contributed by atoms with Gasteiger partial charge in [-0.25, -0.2) is 4.79 Å². The fraction of sp³-hybridized carbons (Fsp3) is 0.158. The quantitative estimate of drug-likeness (QED) is 0.348. The number of nitro groups is 1. The van der Waals surface area contributed by atoms with Crippen molar-refractivity contribution >= 4 is 35.0 Å². The molecule has 0 aliphatic rings. The number of hydrogen-bond acceptors (Lipinski definition) is 6. The van der Waals surface area contributed by atoms with Gasteiger partial charge in [-0.05, 0) is 24.6 Å². The molecule has 3 aromatic rings. The van der Waals surface area contributed by atoms with E-state index in [1.54, 1.807) is 41.5 Å². The van der Waals surface area contributed by atoms with Crippen molar-refractivity contribution in [2.75, 3.05) is 5.32 Å². The molecule has 1 amide bonds. The van der Waals surface area contributed by atoms with Crippen LogP contribution in [0.25, 0.3) is 5.69 Å². The molecule has 0 radical (unpaired) electrons. The van der Waals surface area contributed by atoms with Gasteiger partial charge in [-0.2, -0.15) is 9.40 Å². The fourth-order valence-corrected chi connectivity index (χ4v) is 2.78. The zero-order valence-electron chi connectivity index (χ0n) is 15.8. The van der Waals surface area contributed by atoms with E-state index in [-0.39, 0.29) is 11.7 Å². The number of nitrogens with one attached hydrogen (secondary N) is 1. The maximum Gasteiger partial charge on any atom is 0.433 e. The number of hydrogen-bond donors (Lipinski definition) is 1. The summed E-state index contributed by atoms with van der Waals surface area (Å²) in [5, 5.41) is 13.5. The molecule has 0 fully saturated rings. The maximum atomic E-state index is 12.2. The molecule has 0 aliphatic carbocycles. The molecule has 2 aromatic heterocycles. The van der Waals surface area contributed by atoms with Crippen LogP contribution in [0.2, 0.25) is 5.02 Å². The van der Waals surface area contributed by atoms with Gasteiger partial charge >= 0.3 is 11.9 Å². The van der Waals surface area contributed by atoms with Crippen LogP contribution >= 0.6 is 11.6 Å². The normalized spacial score (nSPS) is 10.5. The minimum atomic E-state index is -0.728. The fourth-order valence-electron chi connectivity index (χ4n) is 2.50. The average molecular weight is 433 g/mol. The maximum absolute atomic E-state index is 12.2. The van der Waals surface area contributed by atoms with Gasteiger partial charge in [0, 0.05) is 16.5 Å². The Morgan fingerprint density at radius 1 is 1.20 bits per heavy atom. The van der Waals surface area contributed by atoms with Gasteiger partial charge in [0.25, 0.3) is 18.3 Å². The summed E-state index contributed by atoms with van der Waals surface area (Å²) in [6.45, 7) is 1.89. The van der Waals surface area contributed by atoms with Crippen molar-refractivity contribution in [2.24, 2.45) is 0 Å². The number of carbonyl (C=O) groups excluding carboxylic acids is 2. The van der Waals surface area contributed by atoms with Crippen molar-refractivity contribution in [3.8, 4) is 5.69 Å². The third-order valence-corrected chi connectivity index (χ3v) is 4.19. The lowest BCUT2D eigenvalue weighted by molar-refractivity contribution is -0.877. The minimum Gasteiger partial charge on any atom is -0.395 e. The topological polar surface area (TPSA) is 119 Å². The number of rotatable bonds is 7. The highest BCUT2D eigenvalue weighted by molar-refractivity contribution is 6.32. The van der Waals surface area contributed by atoms with Crippen molar-refractivity contribution in [2.45, 2.75) is 19.8 Å². The number of furan rings is 1. The van der Waals surface area contributed by atoms with E-state index >= 15 is 0 Å². The Morgan fingerprint density at radius 3 is 2.53 bits per heavy atom. The summed E-state index contributed by atoms with van der Waals surface area (Å²) in [5.74, 6) is -1.69.